The van der Waals surface area contributed by atoms with E-state index in [1.165, 1.54) is 25.7 Å². The van der Waals surface area contributed by atoms with E-state index in [0.717, 1.165) is 38.4 Å². The zero-order valence-electron chi connectivity index (χ0n) is 13.3. The third-order valence-corrected chi connectivity index (χ3v) is 4.30. The van der Waals surface area contributed by atoms with Crippen LogP contribution in [0.2, 0.25) is 0 Å². The molecule has 1 atom stereocenters. The molecule has 0 radical (unpaired) electrons. The normalized spacial score (nSPS) is 24.9. The van der Waals surface area contributed by atoms with Gasteiger partial charge in [-0.15, -0.1) is 0 Å². The topological polar surface area (TPSA) is 41.6 Å². The van der Waals surface area contributed by atoms with Gasteiger partial charge in [0.1, 0.15) is 5.60 Å². The fourth-order valence-corrected chi connectivity index (χ4v) is 2.84. The molecule has 2 rings (SSSR count). The highest BCUT2D eigenvalue weighted by Gasteiger charge is 2.25. The van der Waals surface area contributed by atoms with Gasteiger partial charge >= 0.3 is 6.09 Å². The van der Waals surface area contributed by atoms with Crippen molar-refractivity contribution in [2.24, 2.45) is 5.92 Å². The fourth-order valence-electron chi connectivity index (χ4n) is 2.84. The van der Waals surface area contributed by atoms with E-state index >= 15 is 0 Å². The second kappa shape index (κ2) is 6.79. The van der Waals surface area contributed by atoms with Gasteiger partial charge in [0.05, 0.1) is 0 Å². The lowest BCUT2D eigenvalue weighted by molar-refractivity contribution is 0.0256. The number of nitrogens with zero attached hydrogens (tertiary/aromatic N) is 1. The van der Waals surface area contributed by atoms with E-state index in [9.17, 15) is 4.79 Å². The molecule has 1 saturated carbocycles. The molecule has 1 unspecified atom stereocenters. The Labute approximate surface area is 123 Å². The van der Waals surface area contributed by atoms with Crippen molar-refractivity contribution in [2.45, 2.75) is 70.9 Å². The summed E-state index contributed by atoms with van der Waals surface area (Å²) in [5.41, 5.74) is -0.398. The zero-order chi connectivity index (χ0) is 14.6. The number of hydrogen-bond acceptors (Lipinski definition) is 3. The van der Waals surface area contributed by atoms with Crippen LogP contribution in [-0.2, 0) is 4.74 Å². The quantitative estimate of drug-likeness (QED) is 0.864. The van der Waals surface area contributed by atoms with Crippen LogP contribution in [-0.4, -0.2) is 42.3 Å². The van der Waals surface area contributed by atoms with Gasteiger partial charge in [0.2, 0.25) is 0 Å². The van der Waals surface area contributed by atoms with Crippen LogP contribution >= 0.6 is 0 Å². The van der Waals surface area contributed by atoms with E-state index in [4.69, 9.17) is 4.74 Å². The maximum Gasteiger partial charge on any atom is 0.410 e. The molecule has 0 aromatic rings. The van der Waals surface area contributed by atoms with Crippen LogP contribution in [0.3, 0.4) is 0 Å². The van der Waals surface area contributed by atoms with Gasteiger partial charge in [0.15, 0.2) is 0 Å². The van der Waals surface area contributed by atoms with Crippen molar-refractivity contribution in [2.75, 3.05) is 19.6 Å². The van der Waals surface area contributed by atoms with E-state index in [1.807, 2.05) is 25.7 Å². The monoisotopic (exact) mass is 282 g/mol. The Morgan fingerprint density at radius 3 is 2.50 bits per heavy atom. The smallest absolute Gasteiger partial charge is 0.410 e. The Bertz CT molecular complexity index is 321. The Balaban J connectivity index is 1.72. The van der Waals surface area contributed by atoms with Crippen LogP contribution in [0.1, 0.15) is 59.3 Å². The molecule has 20 heavy (non-hydrogen) atoms. The summed E-state index contributed by atoms with van der Waals surface area (Å²) in [5.74, 6) is 0.903. The maximum absolute atomic E-state index is 12.1. The highest BCUT2D eigenvalue weighted by molar-refractivity contribution is 5.68. The molecule has 0 aromatic heterocycles. The highest BCUT2D eigenvalue weighted by atomic mass is 16.6. The molecule has 4 heteroatoms. The maximum atomic E-state index is 12.1. The van der Waals surface area contributed by atoms with Crippen LogP contribution in [0.5, 0.6) is 0 Å². The summed E-state index contributed by atoms with van der Waals surface area (Å²) >= 11 is 0. The highest BCUT2D eigenvalue weighted by Crippen LogP contribution is 2.25. The molecule has 1 aliphatic carbocycles. The number of nitrogens with one attached hydrogen (secondary N) is 1. The van der Waals surface area contributed by atoms with Crippen LogP contribution in [0, 0.1) is 5.92 Å². The summed E-state index contributed by atoms with van der Waals surface area (Å²) in [6.07, 6.45) is 7.33. The lowest BCUT2D eigenvalue weighted by Gasteiger charge is -2.28. The Kier molecular flexibility index (Phi) is 5.30. The van der Waals surface area contributed by atoms with E-state index in [1.54, 1.807) is 0 Å². The standard InChI is InChI=1S/C16H30N2O2/c1-16(2,3)20-15(19)18-10-5-8-14(9-11-18)17-12-13-6-4-7-13/h13-14,17H,4-12H2,1-3H3. The largest absolute Gasteiger partial charge is 0.444 e. The second-order valence-electron chi connectivity index (χ2n) is 7.30. The summed E-state index contributed by atoms with van der Waals surface area (Å²) < 4.78 is 5.46. The van der Waals surface area contributed by atoms with Crippen molar-refractivity contribution in [1.29, 1.82) is 0 Å². The van der Waals surface area contributed by atoms with E-state index in [2.05, 4.69) is 5.32 Å². The van der Waals surface area contributed by atoms with Crippen molar-refractivity contribution >= 4 is 6.09 Å². The molecule has 1 heterocycles. The molecular formula is C16H30N2O2. The average Bonchev–Trinajstić information content (AvgIpc) is 2.50. The lowest BCUT2D eigenvalue weighted by atomic mass is 9.85. The van der Waals surface area contributed by atoms with Crippen LogP contribution in [0.4, 0.5) is 4.79 Å². The molecule has 0 aromatic carbocycles. The molecule has 1 amide bonds. The molecular weight excluding hydrogens is 252 g/mol. The summed E-state index contributed by atoms with van der Waals surface area (Å²) in [6.45, 7) is 8.58. The number of carbonyl (C=O) groups excluding carboxylic acids is 1. The summed E-state index contributed by atoms with van der Waals surface area (Å²) in [7, 11) is 0. The molecule has 116 valence electrons. The molecule has 0 spiro atoms. The van der Waals surface area contributed by atoms with Crippen molar-refractivity contribution in [3.05, 3.63) is 0 Å². The number of likely N-dealkylation sites (tertiary alicyclic amines) is 1. The van der Waals surface area contributed by atoms with Crippen LogP contribution < -0.4 is 5.32 Å². The predicted octanol–water partition coefficient (Wildman–Crippen LogP) is 3.17. The summed E-state index contributed by atoms with van der Waals surface area (Å²) in [4.78, 5) is 13.9. The van der Waals surface area contributed by atoms with E-state index < -0.39 is 5.60 Å². The van der Waals surface area contributed by atoms with Gasteiger partial charge in [-0.1, -0.05) is 6.42 Å². The third-order valence-electron chi connectivity index (χ3n) is 4.30. The van der Waals surface area contributed by atoms with Gasteiger partial charge in [0.25, 0.3) is 0 Å². The number of hydrogen-bond donors (Lipinski definition) is 1. The number of amides is 1. The van der Waals surface area contributed by atoms with Gasteiger partial charge in [0, 0.05) is 19.1 Å². The fraction of sp³-hybridized carbons (Fsp3) is 0.938. The van der Waals surface area contributed by atoms with E-state index in [0.29, 0.717) is 6.04 Å². The number of ether oxygens (including phenoxy) is 1. The predicted molar refractivity (Wildman–Crippen MR) is 80.8 cm³/mol. The third kappa shape index (κ3) is 4.97. The van der Waals surface area contributed by atoms with Gasteiger partial charge in [-0.05, 0) is 65.3 Å². The molecule has 1 saturated heterocycles. The van der Waals surface area contributed by atoms with Crippen LogP contribution in [0.25, 0.3) is 0 Å². The zero-order valence-corrected chi connectivity index (χ0v) is 13.3. The van der Waals surface area contributed by atoms with Crippen molar-refractivity contribution < 1.29 is 9.53 Å². The molecule has 2 aliphatic rings. The Hall–Kier alpha value is -0.770. The number of carbonyl (C=O) groups is 1. The molecule has 4 nitrogen and oxygen atoms in total. The summed E-state index contributed by atoms with van der Waals surface area (Å²) in [6, 6.07) is 0.572. The minimum Gasteiger partial charge on any atom is -0.444 e. The van der Waals surface area contributed by atoms with Crippen LogP contribution in [0.15, 0.2) is 0 Å². The van der Waals surface area contributed by atoms with Gasteiger partial charge < -0.3 is 15.0 Å². The Morgan fingerprint density at radius 2 is 1.90 bits per heavy atom. The first-order chi connectivity index (χ1) is 9.44. The van der Waals surface area contributed by atoms with Gasteiger partial charge in [-0.25, -0.2) is 4.79 Å². The van der Waals surface area contributed by atoms with E-state index in [-0.39, 0.29) is 6.09 Å². The first-order valence-corrected chi connectivity index (χ1v) is 8.15. The minimum absolute atomic E-state index is 0.155. The Morgan fingerprint density at radius 1 is 1.15 bits per heavy atom. The van der Waals surface area contributed by atoms with Crippen molar-refractivity contribution in [3.63, 3.8) is 0 Å². The first kappa shape index (κ1) is 15.6. The van der Waals surface area contributed by atoms with Crippen molar-refractivity contribution in [3.8, 4) is 0 Å². The minimum atomic E-state index is -0.398. The SMILES string of the molecule is CC(C)(C)OC(=O)N1CCCC(NCC2CCC2)CC1. The molecule has 1 N–H and O–H groups in total. The second-order valence-corrected chi connectivity index (χ2v) is 7.30. The lowest BCUT2D eigenvalue weighted by Crippen LogP contribution is -2.39. The molecule has 0 bridgehead atoms. The average molecular weight is 282 g/mol. The first-order valence-electron chi connectivity index (χ1n) is 8.15. The van der Waals surface area contributed by atoms with Gasteiger partial charge in [-0.3, -0.25) is 0 Å². The van der Waals surface area contributed by atoms with Gasteiger partial charge in [-0.2, -0.15) is 0 Å². The number of rotatable bonds is 3. The summed E-state index contributed by atoms with van der Waals surface area (Å²) in [5, 5.41) is 3.69. The molecule has 2 fully saturated rings. The van der Waals surface area contributed by atoms with Crippen molar-refractivity contribution in [1.82, 2.24) is 10.2 Å². The molecule has 1 aliphatic heterocycles.